The first-order chi connectivity index (χ1) is 5.81. The van der Waals surface area contributed by atoms with Crippen LogP contribution in [0.15, 0.2) is 12.7 Å². The van der Waals surface area contributed by atoms with E-state index >= 15 is 0 Å². The van der Waals surface area contributed by atoms with Crippen molar-refractivity contribution in [2.24, 2.45) is 0 Å². The van der Waals surface area contributed by atoms with E-state index in [4.69, 9.17) is 13.9 Å². The van der Waals surface area contributed by atoms with Gasteiger partial charge in [-0.15, -0.1) is 6.58 Å². The first kappa shape index (κ1) is 16.4. The standard InChI is InChI=1S/C8H17O3P.Cd/c1-3-5-6-8-11-12(9)10-7-4-2;/h4,9H,2-3,5-8H2,1H3;. The molecular formula is C8H17CdO3P. The van der Waals surface area contributed by atoms with Crippen molar-refractivity contribution >= 4 is 8.60 Å². The second kappa shape index (κ2) is 13.0. The van der Waals surface area contributed by atoms with Gasteiger partial charge in [0.15, 0.2) is 0 Å². The van der Waals surface area contributed by atoms with Gasteiger partial charge in [0.2, 0.25) is 0 Å². The third kappa shape index (κ3) is 13.0. The summed E-state index contributed by atoms with van der Waals surface area (Å²) in [6.07, 6.45) is 4.85. The minimum atomic E-state index is -1.67. The molecule has 3 nitrogen and oxygen atoms in total. The van der Waals surface area contributed by atoms with Crippen molar-refractivity contribution in [2.75, 3.05) is 13.2 Å². The Kier molecular flexibility index (Phi) is 16.4. The maximum absolute atomic E-state index is 9.05. The van der Waals surface area contributed by atoms with Gasteiger partial charge in [-0.25, -0.2) is 0 Å². The van der Waals surface area contributed by atoms with Crippen molar-refractivity contribution in [2.45, 2.75) is 26.2 Å². The zero-order valence-corrected chi connectivity index (χ0v) is 13.2. The molecule has 0 fully saturated rings. The first-order valence-electron chi connectivity index (χ1n) is 4.17. The van der Waals surface area contributed by atoms with Crippen LogP contribution in [0.5, 0.6) is 0 Å². The molecular weight excluding hydrogens is 287 g/mol. The van der Waals surface area contributed by atoms with Crippen LogP contribution >= 0.6 is 8.60 Å². The Morgan fingerprint density at radius 3 is 2.62 bits per heavy atom. The zero-order chi connectivity index (χ0) is 9.23. The first-order valence-corrected chi connectivity index (χ1v) is 5.30. The number of hydrogen-bond donors (Lipinski definition) is 1. The number of rotatable bonds is 8. The molecule has 0 amide bonds. The van der Waals surface area contributed by atoms with Crippen LogP contribution in [-0.2, 0) is 36.3 Å². The Labute approximate surface area is 102 Å². The normalized spacial score (nSPS) is 11.8. The Morgan fingerprint density at radius 2 is 2.08 bits per heavy atom. The van der Waals surface area contributed by atoms with Gasteiger partial charge >= 0.3 is 8.60 Å². The molecule has 1 unspecified atom stereocenters. The van der Waals surface area contributed by atoms with E-state index in [1.807, 2.05) is 0 Å². The molecule has 0 aliphatic carbocycles. The van der Waals surface area contributed by atoms with E-state index in [9.17, 15) is 0 Å². The van der Waals surface area contributed by atoms with E-state index in [2.05, 4.69) is 13.5 Å². The third-order valence-corrected chi connectivity index (χ3v) is 2.03. The van der Waals surface area contributed by atoms with Gasteiger partial charge in [0.1, 0.15) is 0 Å². The summed E-state index contributed by atoms with van der Waals surface area (Å²) >= 11 is 0. The fraction of sp³-hybridized carbons (Fsp3) is 0.750. The van der Waals surface area contributed by atoms with Crippen molar-refractivity contribution in [3.05, 3.63) is 12.7 Å². The number of hydrogen-bond acceptors (Lipinski definition) is 3. The van der Waals surface area contributed by atoms with Crippen LogP contribution in [0.1, 0.15) is 26.2 Å². The van der Waals surface area contributed by atoms with Crippen LogP contribution in [0, 0.1) is 0 Å². The van der Waals surface area contributed by atoms with Crippen molar-refractivity contribution in [1.29, 1.82) is 0 Å². The summed E-state index contributed by atoms with van der Waals surface area (Å²) in [5, 5.41) is 0. The van der Waals surface area contributed by atoms with E-state index < -0.39 is 8.60 Å². The fourth-order valence-corrected chi connectivity index (χ4v) is 1.24. The summed E-state index contributed by atoms with van der Waals surface area (Å²) in [4.78, 5) is 9.05. The van der Waals surface area contributed by atoms with Crippen LogP contribution in [0.25, 0.3) is 0 Å². The van der Waals surface area contributed by atoms with Gasteiger partial charge in [0, 0.05) is 27.3 Å². The maximum Gasteiger partial charge on any atom is 0.330 e. The van der Waals surface area contributed by atoms with Crippen molar-refractivity contribution < 1.29 is 41.2 Å². The summed E-state index contributed by atoms with van der Waals surface area (Å²) in [6.45, 7) is 6.50. The van der Waals surface area contributed by atoms with Gasteiger partial charge in [-0.2, -0.15) is 0 Å². The Bertz CT molecular complexity index is 114. The average Bonchev–Trinajstić information content (AvgIpc) is 2.09. The molecule has 0 aromatic heterocycles. The average molecular weight is 305 g/mol. The summed E-state index contributed by atoms with van der Waals surface area (Å²) in [7, 11) is -1.67. The van der Waals surface area contributed by atoms with Gasteiger partial charge in [-0.1, -0.05) is 25.8 Å². The van der Waals surface area contributed by atoms with Crippen molar-refractivity contribution in [3.8, 4) is 0 Å². The maximum atomic E-state index is 9.05. The Balaban J connectivity index is 0. The minimum absolute atomic E-state index is 0. The van der Waals surface area contributed by atoms with Gasteiger partial charge in [0.05, 0.1) is 13.2 Å². The van der Waals surface area contributed by atoms with Gasteiger partial charge in [-0.3, -0.25) is 0 Å². The topological polar surface area (TPSA) is 38.7 Å². The molecule has 0 saturated heterocycles. The predicted molar refractivity (Wildman–Crippen MR) is 50.8 cm³/mol. The fourth-order valence-electron chi connectivity index (χ4n) is 0.648. The van der Waals surface area contributed by atoms with E-state index in [-0.39, 0.29) is 27.3 Å². The van der Waals surface area contributed by atoms with Crippen molar-refractivity contribution in [1.82, 2.24) is 0 Å². The number of unbranched alkanes of at least 4 members (excludes halogenated alkanes) is 2. The Hall–Kier alpha value is 0.972. The molecule has 0 aliphatic rings. The summed E-state index contributed by atoms with van der Waals surface area (Å²) < 4.78 is 9.85. The van der Waals surface area contributed by atoms with Crippen LogP contribution < -0.4 is 0 Å². The van der Waals surface area contributed by atoms with E-state index in [0.29, 0.717) is 13.2 Å². The van der Waals surface area contributed by atoms with Gasteiger partial charge in [0.25, 0.3) is 0 Å². The van der Waals surface area contributed by atoms with E-state index in [0.717, 1.165) is 19.3 Å². The third-order valence-electron chi connectivity index (χ3n) is 1.25. The SMILES string of the molecule is C=CCOP(O)OCCCCC.[Cd]. The predicted octanol–water partition coefficient (Wildman–Crippen LogP) is 2.61. The molecule has 1 N–H and O–H groups in total. The monoisotopic (exact) mass is 306 g/mol. The molecule has 0 aromatic rings. The second-order valence-corrected chi connectivity index (χ2v) is 3.35. The molecule has 0 aliphatic heterocycles. The summed E-state index contributed by atoms with van der Waals surface area (Å²) in [5.41, 5.74) is 0. The van der Waals surface area contributed by atoms with E-state index in [1.54, 1.807) is 6.08 Å². The molecule has 0 spiro atoms. The molecule has 74 valence electrons. The molecule has 1 atom stereocenters. The largest absolute Gasteiger partial charge is 0.330 e. The van der Waals surface area contributed by atoms with Crippen LogP contribution in [0.4, 0.5) is 0 Å². The molecule has 0 radical (unpaired) electrons. The Morgan fingerprint density at radius 1 is 1.38 bits per heavy atom. The van der Waals surface area contributed by atoms with Crippen LogP contribution in [0.3, 0.4) is 0 Å². The molecule has 0 heterocycles. The molecule has 5 heteroatoms. The molecule has 0 saturated carbocycles. The van der Waals surface area contributed by atoms with Gasteiger partial charge < -0.3 is 13.9 Å². The van der Waals surface area contributed by atoms with Crippen LogP contribution in [-0.4, -0.2) is 18.1 Å². The zero-order valence-electron chi connectivity index (χ0n) is 8.24. The second-order valence-electron chi connectivity index (χ2n) is 2.36. The minimum Gasteiger partial charge on any atom is -0.328 e. The van der Waals surface area contributed by atoms with Crippen LogP contribution in [0.2, 0.25) is 0 Å². The summed E-state index contributed by atoms with van der Waals surface area (Å²) in [5.74, 6) is 0. The van der Waals surface area contributed by atoms with Gasteiger partial charge in [-0.05, 0) is 6.42 Å². The summed E-state index contributed by atoms with van der Waals surface area (Å²) in [6, 6.07) is 0. The smallest absolute Gasteiger partial charge is 0.328 e. The molecule has 0 aromatic carbocycles. The van der Waals surface area contributed by atoms with E-state index in [1.165, 1.54) is 0 Å². The quantitative estimate of drug-likeness (QED) is 0.324. The molecule has 0 bridgehead atoms. The van der Waals surface area contributed by atoms with Crippen molar-refractivity contribution in [3.63, 3.8) is 0 Å². The molecule has 0 rings (SSSR count). The molecule has 13 heavy (non-hydrogen) atoms.